The fourth-order valence-corrected chi connectivity index (χ4v) is 1.15. The number of amides is 1. The maximum atomic E-state index is 10.5. The lowest BCUT2D eigenvalue weighted by Crippen LogP contribution is -2.26. The standard InChI is InChI=1S/C10H23N3O/c1-10(14)13-7-5-3-4-6-12-9-8-11-2/h11-12H,3-9H2,1-2H3,(H,13,14). The van der Waals surface area contributed by atoms with Gasteiger partial charge < -0.3 is 16.0 Å². The van der Waals surface area contributed by atoms with Crippen LogP contribution in [0.15, 0.2) is 0 Å². The SMILES string of the molecule is CNCCNCCCCCNC(C)=O. The molecule has 0 aliphatic rings. The zero-order valence-electron chi connectivity index (χ0n) is 9.36. The summed E-state index contributed by atoms with van der Waals surface area (Å²) in [5, 5.41) is 9.20. The molecule has 0 atom stereocenters. The lowest BCUT2D eigenvalue weighted by molar-refractivity contribution is -0.118. The molecular formula is C10H23N3O. The van der Waals surface area contributed by atoms with Crippen molar-refractivity contribution in [2.24, 2.45) is 0 Å². The van der Waals surface area contributed by atoms with E-state index >= 15 is 0 Å². The van der Waals surface area contributed by atoms with Crippen LogP contribution in [0, 0.1) is 0 Å². The van der Waals surface area contributed by atoms with Crippen LogP contribution in [0.2, 0.25) is 0 Å². The van der Waals surface area contributed by atoms with Gasteiger partial charge in [-0.2, -0.15) is 0 Å². The first-order valence-electron chi connectivity index (χ1n) is 5.37. The summed E-state index contributed by atoms with van der Waals surface area (Å²) < 4.78 is 0. The van der Waals surface area contributed by atoms with E-state index in [1.165, 1.54) is 12.8 Å². The highest BCUT2D eigenvalue weighted by Gasteiger charge is 1.91. The molecule has 0 aliphatic heterocycles. The van der Waals surface area contributed by atoms with Gasteiger partial charge in [0.05, 0.1) is 0 Å². The molecule has 0 saturated carbocycles. The number of nitrogens with one attached hydrogen (secondary N) is 3. The van der Waals surface area contributed by atoms with E-state index in [9.17, 15) is 4.79 Å². The van der Waals surface area contributed by atoms with Crippen LogP contribution >= 0.6 is 0 Å². The number of hydrogen-bond donors (Lipinski definition) is 3. The molecule has 0 aromatic carbocycles. The van der Waals surface area contributed by atoms with Gasteiger partial charge in [-0.15, -0.1) is 0 Å². The van der Waals surface area contributed by atoms with Gasteiger partial charge in [0.15, 0.2) is 0 Å². The smallest absolute Gasteiger partial charge is 0.216 e. The van der Waals surface area contributed by atoms with Crippen molar-refractivity contribution in [3.8, 4) is 0 Å². The Bertz CT molecular complexity index is 139. The number of carbonyl (C=O) groups excluding carboxylic acids is 1. The lowest BCUT2D eigenvalue weighted by Gasteiger charge is -2.04. The van der Waals surface area contributed by atoms with Gasteiger partial charge in [0.1, 0.15) is 0 Å². The predicted molar refractivity (Wildman–Crippen MR) is 59.3 cm³/mol. The molecule has 0 spiro atoms. The molecule has 1 amide bonds. The van der Waals surface area contributed by atoms with Gasteiger partial charge in [-0.3, -0.25) is 4.79 Å². The van der Waals surface area contributed by atoms with Crippen molar-refractivity contribution >= 4 is 5.91 Å². The second-order valence-corrected chi connectivity index (χ2v) is 3.40. The first-order valence-corrected chi connectivity index (χ1v) is 5.37. The molecule has 0 rings (SSSR count). The van der Waals surface area contributed by atoms with Gasteiger partial charge >= 0.3 is 0 Å². The third kappa shape index (κ3) is 11.4. The summed E-state index contributed by atoms with van der Waals surface area (Å²) in [6, 6.07) is 0. The van der Waals surface area contributed by atoms with Crippen LogP contribution in [0.5, 0.6) is 0 Å². The van der Waals surface area contributed by atoms with E-state index in [0.717, 1.165) is 32.6 Å². The Labute approximate surface area is 86.8 Å². The molecule has 0 bridgehead atoms. The average molecular weight is 201 g/mol. The minimum Gasteiger partial charge on any atom is -0.356 e. The number of hydrogen-bond acceptors (Lipinski definition) is 3. The first kappa shape index (κ1) is 13.4. The number of unbranched alkanes of at least 4 members (excludes halogenated alkanes) is 2. The van der Waals surface area contributed by atoms with Crippen LogP contribution < -0.4 is 16.0 Å². The molecular weight excluding hydrogens is 178 g/mol. The summed E-state index contributed by atoms with van der Waals surface area (Å²) in [7, 11) is 1.95. The summed E-state index contributed by atoms with van der Waals surface area (Å²) >= 11 is 0. The van der Waals surface area contributed by atoms with E-state index in [1.54, 1.807) is 6.92 Å². The number of likely N-dealkylation sites (N-methyl/N-ethyl adjacent to an activating group) is 1. The van der Waals surface area contributed by atoms with Crippen molar-refractivity contribution in [3.05, 3.63) is 0 Å². The molecule has 0 aromatic rings. The fraction of sp³-hybridized carbons (Fsp3) is 0.900. The Morgan fingerprint density at radius 1 is 1.00 bits per heavy atom. The fourth-order valence-electron chi connectivity index (χ4n) is 1.15. The van der Waals surface area contributed by atoms with Crippen LogP contribution in [0.4, 0.5) is 0 Å². The molecule has 0 saturated heterocycles. The Hall–Kier alpha value is -0.610. The number of rotatable bonds is 9. The Balaban J connectivity index is 2.88. The van der Waals surface area contributed by atoms with Gasteiger partial charge in [0.2, 0.25) is 5.91 Å². The van der Waals surface area contributed by atoms with Crippen LogP contribution in [0.25, 0.3) is 0 Å². The summed E-state index contributed by atoms with van der Waals surface area (Å²) in [6.07, 6.45) is 3.43. The Morgan fingerprint density at radius 2 is 1.71 bits per heavy atom. The van der Waals surface area contributed by atoms with Crippen molar-refractivity contribution in [2.75, 3.05) is 33.2 Å². The van der Waals surface area contributed by atoms with Crippen LogP contribution in [0.1, 0.15) is 26.2 Å². The predicted octanol–water partition coefficient (Wildman–Crippen LogP) is 0.102. The Kier molecular flexibility index (Phi) is 10.0. The van der Waals surface area contributed by atoms with Crippen LogP contribution in [-0.2, 0) is 4.79 Å². The molecule has 0 fully saturated rings. The minimum atomic E-state index is 0.0668. The first-order chi connectivity index (χ1) is 6.77. The van der Waals surface area contributed by atoms with Crippen molar-refractivity contribution in [2.45, 2.75) is 26.2 Å². The molecule has 0 heterocycles. The highest BCUT2D eigenvalue weighted by molar-refractivity contribution is 5.72. The van der Waals surface area contributed by atoms with Crippen LogP contribution in [-0.4, -0.2) is 39.1 Å². The van der Waals surface area contributed by atoms with E-state index in [0.29, 0.717) is 0 Å². The second kappa shape index (κ2) is 10.5. The number of carbonyl (C=O) groups is 1. The maximum Gasteiger partial charge on any atom is 0.216 e. The molecule has 4 heteroatoms. The van der Waals surface area contributed by atoms with E-state index in [1.807, 2.05) is 7.05 Å². The van der Waals surface area contributed by atoms with Gasteiger partial charge in [-0.05, 0) is 26.4 Å². The molecule has 0 aromatic heterocycles. The lowest BCUT2D eigenvalue weighted by atomic mass is 10.2. The molecule has 3 N–H and O–H groups in total. The minimum absolute atomic E-state index is 0.0668. The van der Waals surface area contributed by atoms with E-state index in [-0.39, 0.29) is 5.91 Å². The van der Waals surface area contributed by atoms with Gasteiger partial charge in [-0.25, -0.2) is 0 Å². The highest BCUT2D eigenvalue weighted by atomic mass is 16.1. The van der Waals surface area contributed by atoms with Gasteiger partial charge in [0.25, 0.3) is 0 Å². The molecule has 84 valence electrons. The van der Waals surface area contributed by atoms with Crippen molar-refractivity contribution in [1.29, 1.82) is 0 Å². The van der Waals surface area contributed by atoms with Gasteiger partial charge in [0, 0.05) is 26.6 Å². The van der Waals surface area contributed by atoms with Crippen molar-refractivity contribution in [1.82, 2.24) is 16.0 Å². The van der Waals surface area contributed by atoms with Crippen LogP contribution in [0.3, 0.4) is 0 Å². The Morgan fingerprint density at radius 3 is 2.36 bits per heavy atom. The maximum absolute atomic E-state index is 10.5. The van der Waals surface area contributed by atoms with E-state index in [4.69, 9.17) is 0 Å². The summed E-state index contributed by atoms with van der Waals surface area (Å²) in [5.74, 6) is 0.0668. The molecule has 4 nitrogen and oxygen atoms in total. The summed E-state index contributed by atoms with van der Waals surface area (Å²) in [6.45, 7) is 5.49. The van der Waals surface area contributed by atoms with Gasteiger partial charge in [-0.1, -0.05) is 6.42 Å². The second-order valence-electron chi connectivity index (χ2n) is 3.40. The van der Waals surface area contributed by atoms with Crippen molar-refractivity contribution in [3.63, 3.8) is 0 Å². The third-order valence-electron chi connectivity index (χ3n) is 1.96. The topological polar surface area (TPSA) is 53.2 Å². The summed E-state index contributed by atoms with van der Waals surface area (Å²) in [5.41, 5.74) is 0. The average Bonchev–Trinajstić information content (AvgIpc) is 2.15. The molecule has 0 aliphatic carbocycles. The van der Waals surface area contributed by atoms with Crippen molar-refractivity contribution < 1.29 is 4.79 Å². The summed E-state index contributed by atoms with van der Waals surface area (Å²) in [4.78, 5) is 10.5. The zero-order chi connectivity index (χ0) is 10.6. The third-order valence-corrected chi connectivity index (χ3v) is 1.96. The molecule has 14 heavy (non-hydrogen) atoms. The quantitative estimate of drug-likeness (QED) is 0.464. The zero-order valence-corrected chi connectivity index (χ0v) is 9.36. The van der Waals surface area contributed by atoms with E-state index in [2.05, 4.69) is 16.0 Å². The highest BCUT2D eigenvalue weighted by Crippen LogP contribution is 1.91. The normalized spacial score (nSPS) is 10.1. The monoisotopic (exact) mass is 201 g/mol. The molecule has 0 unspecified atom stereocenters. The molecule has 0 radical (unpaired) electrons. The largest absolute Gasteiger partial charge is 0.356 e. The van der Waals surface area contributed by atoms with E-state index < -0.39 is 0 Å².